The maximum atomic E-state index is 6.13. The first-order valence-electron chi connectivity index (χ1n) is 7.93. The molecule has 1 aliphatic carbocycles. The first-order chi connectivity index (χ1) is 10.8. The maximum absolute atomic E-state index is 6.13. The van der Waals surface area contributed by atoms with Crippen molar-refractivity contribution in [3.05, 3.63) is 40.5 Å². The Morgan fingerprint density at radius 3 is 2.77 bits per heavy atom. The normalized spacial score (nSPS) is 17.6. The summed E-state index contributed by atoms with van der Waals surface area (Å²) in [4.78, 5) is 12.1. The van der Waals surface area contributed by atoms with Crippen molar-refractivity contribution in [1.29, 1.82) is 0 Å². The highest BCUT2D eigenvalue weighted by Gasteiger charge is 2.24. The molecule has 0 atom stereocenters. The second-order valence-electron chi connectivity index (χ2n) is 5.90. The predicted octanol–water partition coefficient (Wildman–Crippen LogP) is 2.70. The zero-order valence-electron chi connectivity index (χ0n) is 12.5. The van der Waals surface area contributed by atoms with E-state index in [9.17, 15) is 0 Å². The second-order valence-corrected chi connectivity index (χ2v) is 6.33. The Labute approximate surface area is 135 Å². The average molecular weight is 315 g/mol. The average Bonchev–Trinajstić information content (AvgIpc) is 3.03. The Morgan fingerprint density at radius 1 is 1.09 bits per heavy atom. The Bertz CT molecular complexity index is 695. The largest absolute Gasteiger partial charge is 0.354 e. The Kier molecular flexibility index (Phi) is 3.72. The van der Waals surface area contributed by atoms with Gasteiger partial charge >= 0.3 is 0 Å². The van der Waals surface area contributed by atoms with Crippen molar-refractivity contribution in [3.63, 3.8) is 0 Å². The van der Waals surface area contributed by atoms with Gasteiger partial charge in [-0.2, -0.15) is 0 Å². The number of nitrogens with one attached hydrogen (secondary N) is 1. The minimum Gasteiger partial charge on any atom is -0.354 e. The fourth-order valence-corrected chi connectivity index (χ4v) is 3.50. The van der Waals surface area contributed by atoms with Gasteiger partial charge in [0.1, 0.15) is 5.82 Å². The van der Waals surface area contributed by atoms with Crippen molar-refractivity contribution < 1.29 is 0 Å². The van der Waals surface area contributed by atoms with E-state index in [-0.39, 0.29) is 0 Å². The van der Waals surface area contributed by atoms with Crippen molar-refractivity contribution in [2.24, 2.45) is 0 Å². The van der Waals surface area contributed by atoms with Crippen LogP contribution in [0.25, 0.3) is 11.4 Å². The number of fused-ring (bicyclic) bond motifs is 1. The first kappa shape index (κ1) is 14.0. The van der Waals surface area contributed by atoms with Gasteiger partial charge in [0, 0.05) is 48.0 Å². The first-order valence-corrected chi connectivity index (χ1v) is 8.30. The molecule has 2 heterocycles. The number of anilines is 1. The maximum Gasteiger partial charge on any atom is 0.161 e. The van der Waals surface area contributed by atoms with E-state index in [0.717, 1.165) is 61.2 Å². The Balaban J connectivity index is 1.80. The van der Waals surface area contributed by atoms with Gasteiger partial charge in [0.25, 0.3) is 0 Å². The van der Waals surface area contributed by atoms with Crippen LogP contribution in [0.4, 0.5) is 5.82 Å². The van der Waals surface area contributed by atoms with Gasteiger partial charge in [0.15, 0.2) is 5.82 Å². The van der Waals surface area contributed by atoms with Crippen LogP contribution in [0.15, 0.2) is 24.3 Å². The highest BCUT2D eigenvalue weighted by Crippen LogP contribution is 2.32. The van der Waals surface area contributed by atoms with Crippen molar-refractivity contribution in [3.8, 4) is 11.4 Å². The minimum atomic E-state index is 0.727. The number of benzene rings is 1. The summed E-state index contributed by atoms with van der Waals surface area (Å²) >= 11 is 6.13. The van der Waals surface area contributed by atoms with E-state index in [0.29, 0.717) is 0 Å². The lowest BCUT2D eigenvalue weighted by Gasteiger charge is -2.30. The van der Waals surface area contributed by atoms with Crippen LogP contribution in [-0.2, 0) is 12.8 Å². The minimum absolute atomic E-state index is 0.727. The van der Waals surface area contributed by atoms with E-state index in [2.05, 4.69) is 10.2 Å². The molecule has 22 heavy (non-hydrogen) atoms. The molecule has 1 saturated heterocycles. The molecular weight excluding hydrogens is 296 g/mol. The third-order valence-electron chi connectivity index (χ3n) is 4.41. The Hall–Kier alpha value is -1.65. The van der Waals surface area contributed by atoms with Crippen LogP contribution in [-0.4, -0.2) is 36.1 Å². The predicted molar refractivity (Wildman–Crippen MR) is 89.6 cm³/mol. The summed E-state index contributed by atoms with van der Waals surface area (Å²) in [5, 5.41) is 4.13. The van der Waals surface area contributed by atoms with Gasteiger partial charge in [-0.15, -0.1) is 0 Å². The monoisotopic (exact) mass is 314 g/mol. The molecule has 2 aromatic rings. The summed E-state index contributed by atoms with van der Waals surface area (Å²) in [7, 11) is 0. The number of piperazine rings is 1. The van der Waals surface area contributed by atoms with Gasteiger partial charge < -0.3 is 10.2 Å². The zero-order chi connectivity index (χ0) is 14.9. The van der Waals surface area contributed by atoms with Crippen LogP contribution in [0, 0.1) is 0 Å². The number of halogens is 1. The van der Waals surface area contributed by atoms with E-state index < -0.39 is 0 Å². The van der Waals surface area contributed by atoms with Crippen LogP contribution in [0.5, 0.6) is 0 Å². The number of aryl methyl sites for hydroxylation is 1. The molecule has 1 aliphatic heterocycles. The van der Waals surface area contributed by atoms with Crippen LogP contribution in [0.1, 0.15) is 17.7 Å². The van der Waals surface area contributed by atoms with Gasteiger partial charge in [0.2, 0.25) is 0 Å². The van der Waals surface area contributed by atoms with Crippen LogP contribution >= 0.6 is 11.6 Å². The van der Waals surface area contributed by atoms with Gasteiger partial charge in [-0.05, 0) is 31.4 Å². The van der Waals surface area contributed by atoms with E-state index >= 15 is 0 Å². The van der Waals surface area contributed by atoms with Crippen LogP contribution < -0.4 is 10.2 Å². The van der Waals surface area contributed by atoms with E-state index in [1.165, 1.54) is 17.7 Å². The van der Waals surface area contributed by atoms with Gasteiger partial charge in [-0.1, -0.05) is 23.7 Å². The number of nitrogens with zero attached hydrogens (tertiary/aromatic N) is 3. The summed E-state index contributed by atoms with van der Waals surface area (Å²) in [6.07, 6.45) is 3.34. The topological polar surface area (TPSA) is 41.1 Å². The SMILES string of the molecule is Clc1cccc(-c2nc3c(c(N4CCNCC4)n2)CCC3)c1. The standard InChI is InChI=1S/C17H19ClN4/c18-13-4-1-3-12(11-13)16-20-15-6-2-5-14(15)17(21-16)22-9-7-19-8-10-22/h1,3-4,11,19H,2,5-10H2. The van der Waals surface area contributed by atoms with E-state index in [1.807, 2.05) is 24.3 Å². The summed E-state index contributed by atoms with van der Waals surface area (Å²) < 4.78 is 0. The third-order valence-corrected chi connectivity index (χ3v) is 4.65. The number of aromatic nitrogens is 2. The molecule has 1 N–H and O–H groups in total. The van der Waals surface area contributed by atoms with Gasteiger partial charge in [-0.3, -0.25) is 0 Å². The summed E-state index contributed by atoms with van der Waals surface area (Å²) in [5.41, 5.74) is 3.57. The number of hydrogen-bond acceptors (Lipinski definition) is 4. The highest BCUT2D eigenvalue weighted by molar-refractivity contribution is 6.30. The lowest BCUT2D eigenvalue weighted by molar-refractivity contribution is 0.583. The number of rotatable bonds is 2. The molecule has 114 valence electrons. The molecule has 2 aliphatic rings. The summed E-state index contributed by atoms with van der Waals surface area (Å²) in [5.74, 6) is 1.94. The fraction of sp³-hybridized carbons (Fsp3) is 0.412. The molecule has 0 amide bonds. The molecule has 0 radical (unpaired) electrons. The molecule has 4 rings (SSSR count). The van der Waals surface area contributed by atoms with Gasteiger partial charge in [0.05, 0.1) is 0 Å². The molecular formula is C17H19ClN4. The Morgan fingerprint density at radius 2 is 1.95 bits per heavy atom. The number of hydrogen-bond donors (Lipinski definition) is 1. The molecule has 5 heteroatoms. The molecule has 1 aromatic carbocycles. The molecule has 0 saturated carbocycles. The summed E-state index contributed by atoms with van der Waals surface area (Å²) in [6, 6.07) is 7.82. The molecule has 0 bridgehead atoms. The summed E-state index contributed by atoms with van der Waals surface area (Å²) in [6.45, 7) is 4.06. The third kappa shape index (κ3) is 2.57. The molecule has 0 spiro atoms. The van der Waals surface area contributed by atoms with Crippen LogP contribution in [0.3, 0.4) is 0 Å². The second kappa shape index (κ2) is 5.86. The fourth-order valence-electron chi connectivity index (χ4n) is 3.31. The smallest absolute Gasteiger partial charge is 0.161 e. The zero-order valence-corrected chi connectivity index (χ0v) is 13.2. The van der Waals surface area contributed by atoms with Gasteiger partial charge in [-0.25, -0.2) is 9.97 Å². The quantitative estimate of drug-likeness (QED) is 0.925. The van der Waals surface area contributed by atoms with E-state index in [1.54, 1.807) is 0 Å². The van der Waals surface area contributed by atoms with Crippen molar-refractivity contribution in [2.75, 3.05) is 31.1 Å². The molecule has 0 unspecified atom stereocenters. The van der Waals surface area contributed by atoms with Crippen molar-refractivity contribution in [2.45, 2.75) is 19.3 Å². The lowest BCUT2D eigenvalue weighted by Crippen LogP contribution is -2.44. The van der Waals surface area contributed by atoms with Crippen LogP contribution in [0.2, 0.25) is 5.02 Å². The van der Waals surface area contributed by atoms with Crippen molar-refractivity contribution >= 4 is 17.4 Å². The molecule has 4 nitrogen and oxygen atoms in total. The van der Waals surface area contributed by atoms with Crippen molar-refractivity contribution in [1.82, 2.24) is 15.3 Å². The lowest BCUT2D eigenvalue weighted by atomic mass is 10.1. The molecule has 1 fully saturated rings. The molecule has 1 aromatic heterocycles. The highest BCUT2D eigenvalue weighted by atomic mass is 35.5. The van der Waals surface area contributed by atoms with E-state index in [4.69, 9.17) is 21.6 Å².